The molecule has 0 spiro atoms. The topological polar surface area (TPSA) is 106 Å². The van der Waals surface area contributed by atoms with E-state index in [-0.39, 0.29) is 55.9 Å². The lowest BCUT2D eigenvalue weighted by Gasteiger charge is -2.32. The molecule has 1 atom stereocenters. The van der Waals surface area contributed by atoms with Crippen LogP contribution in [0.1, 0.15) is 26.2 Å². The predicted molar refractivity (Wildman–Crippen MR) is 117 cm³/mol. The Morgan fingerprint density at radius 1 is 1.12 bits per heavy atom. The first-order valence-corrected chi connectivity index (χ1v) is 11.3. The number of carbonyl (C=O) groups excluding carboxylic acids is 4. The molecule has 2 fully saturated rings. The number of likely N-dealkylation sites (tertiary alicyclic amines) is 1. The Morgan fingerprint density at radius 3 is 2.58 bits per heavy atom. The van der Waals surface area contributed by atoms with E-state index >= 15 is 0 Å². The Balaban J connectivity index is 1.29. The number of rotatable bonds is 6. The Bertz CT molecular complexity index is 942. The lowest BCUT2D eigenvalue weighted by atomic mass is 9.97. The van der Waals surface area contributed by atoms with E-state index in [1.54, 1.807) is 42.0 Å². The summed E-state index contributed by atoms with van der Waals surface area (Å²) in [6.07, 6.45) is 1.21. The number of piperidine rings is 1. The van der Waals surface area contributed by atoms with Crippen LogP contribution in [0.15, 0.2) is 18.2 Å². The molecule has 1 aromatic carbocycles. The van der Waals surface area contributed by atoms with Crippen LogP contribution in [0.5, 0.6) is 11.5 Å². The van der Waals surface area contributed by atoms with E-state index in [1.807, 2.05) is 0 Å². The fraction of sp³-hybridized carbons (Fsp3) is 0.565. The Kier molecular flexibility index (Phi) is 6.71. The number of amides is 3. The monoisotopic (exact) mass is 459 g/mol. The van der Waals surface area contributed by atoms with Gasteiger partial charge in [0, 0.05) is 44.9 Å². The average Bonchev–Trinajstić information content (AvgIpc) is 3.44. The second kappa shape index (κ2) is 9.68. The van der Waals surface area contributed by atoms with Gasteiger partial charge in [-0.1, -0.05) is 0 Å². The van der Waals surface area contributed by atoms with Crippen molar-refractivity contribution in [3.8, 4) is 11.5 Å². The van der Waals surface area contributed by atoms with Crippen molar-refractivity contribution in [3.05, 3.63) is 18.2 Å². The zero-order chi connectivity index (χ0) is 23.5. The standard InChI is InChI=1S/C23H29N3O7/c1-3-31-23(30)15-6-8-25(9-7-15)21(28)13-24(2)22(29)16-10-20(27)26(12-16)17-4-5-18-19(11-17)33-14-32-18/h4-5,11,15-16H,3,6-10,12-14H2,1-2H3. The zero-order valence-corrected chi connectivity index (χ0v) is 19.0. The van der Waals surface area contributed by atoms with Gasteiger partial charge in [-0.2, -0.15) is 0 Å². The lowest BCUT2D eigenvalue weighted by molar-refractivity contribution is -0.151. The molecule has 3 amide bonds. The van der Waals surface area contributed by atoms with Crippen LogP contribution in [0.4, 0.5) is 5.69 Å². The molecule has 0 bridgehead atoms. The van der Waals surface area contributed by atoms with Gasteiger partial charge in [-0.25, -0.2) is 0 Å². The van der Waals surface area contributed by atoms with Gasteiger partial charge in [0.15, 0.2) is 11.5 Å². The summed E-state index contributed by atoms with van der Waals surface area (Å²) in [4.78, 5) is 54.8. The van der Waals surface area contributed by atoms with Crippen LogP contribution in [0, 0.1) is 11.8 Å². The van der Waals surface area contributed by atoms with Gasteiger partial charge < -0.3 is 28.9 Å². The minimum atomic E-state index is -0.518. The van der Waals surface area contributed by atoms with Gasteiger partial charge in [-0.3, -0.25) is 19.2 Å². The minimum absolute atomic E-state index is 0.0579. The van der Waals surface area contributed by atoms with Crippen molar-refractivity contribution < 1.29 is 33.4 Å². The molecule has 3 aliphatic rings. The highest BCUT2D eigenvalue weighted by Gasteiger charge is 2.38. The highest BCUT2D eigenvalue weighted by atomic mass is 16.7. The number of ether oxygens (including phenoxy) is 3. The molecule has 3 heterocycles. The molecule has 1 aromatic rings. The van der Waals surface area contributed by atoms with Gasteiger partial charge in [0.25, 0.3) is 0 Å². The van der Waals surface area contributed by atoms with Crippen molar-refractivity contribution in [1.29, 1.82) is 0 Å². The van der Waals surface area contributed by atoms with Crippen molar-refractivity contribution in [2.45, 2.75) is 26.2 Å². The van der Waals surface area contributed by atoms with Crippen LogP contribution in [0.3, 0.4) is 0 Å². The molecule has 0 aliphatic carbocycles. The quantitative estimate of drug-likeness (QED) is 0.585. The van der Waals surface area contributed by atoms with Gasteiger partial charge in [0.2, 0.25) is 24.5 Å². The molecule has 4 rings (SSSR count). The molecule has 1 unspecified atom stereocenters. The smallest absolute Gasteiger partial charge is 0.309 e. The number of nitrogens with zero attached hydrogens (tertiary/aromatic N) is 3. The van der Waals surface area contributed by atoms with E-state index in [2.05, 4.69) is 0 Å². The van der Waals surface area contributed by atoms with Gasteiger partial charge in [0.05, 0.1) is 25.0 Å². The molecule has 10 nitrogen and oxygen atoms in total. The third-order valence-corrected chi connectivity index (χ3v) is 6.36. The number of fused-ring (bicyclic) bond motifs is 1. The molecular weight excluding hydrogens is 430 g/mol. The Hall–Kier alpha value is -3.30. The summed E-state index contributed by atoms with van der Waals surface area (Å²) in [5, 5.41) is 0. The van der Waals surface area contributed by atoms with Crippen LogP contribution in [0.25, 0.3) is 0 Å². The van der Waals surface area contributed by atoms with E-state index < -0.39 is 5.92 Å². The van der Waals surface area contributed by atoms with E-state index in [0.717, 1.165) is 0 Å². The first-order valence-electron chi connectivity index (χ1n) is 11.3. The van der Waals surface area contributed by atoms with E-state index in [4.69, 9.17) is 14.2 Å². The molecule has 0 aromatic heterocycles. The summed E-state index contributed by atoms with van der Waals surface area (Å²) in [7, 11) is 1.58. The molecule has 0 radical (unpaired) electrons. The normalized spacial score (nSPS) is 20.2. The SMILES string of the molecule is CCOC(=O)C1CCN(C(=O)CN(C)C(=O)C2CC(=O)N(c3ccc4c(c3)OCO4)C2)CC1. The summed E-state index contributed by atoms with van der Waals surface area (Å²) in [6, 6.07) is 5.25. The first kappa shape index (κ1) is 22.9. The number of hydrogen-bond acceptors (Lipinski definition) is 7. The zero-order valence-electron chi connectivity index (χ0n) is 19.0. The van der Waals surface area contributed by atoms with Crippen LogP contribution in [-0.4, -0.2) is 80.1 Å². The molecule has 33 heavy (non-hydrogen) atoms. The van der Waals surface area contributed by atoms with Gasteiger partial charge in [-0.15, -0.1) is 0 Å². The first-order chi connectivity index (χ1) is 15.9. The predicted octanol–water partition coefficient (Wildman–Crippen LogP) is 1.03. The van der Waals surface area contributed by atoms with E-state index in [0.29, 0.717) is 49.7 Å². The van der Waals surface area contributed by atoms with Crippen LogP contribution in [-0.2, 0) is 23.9 Å². The largest absolute Gasteiger partial charge is 0.466 e. The van der Waals surface area contributed by atoms with Gasteiger partial charge >= 0.3 is 5.97 Å². The third-order valence-electron chi connectivity index (χ3n) is 6.36. The third kappa shape index (κ3) is 4.89. The number of anilines is 1. The molecular formula is C23H29N3O7. The van der Waals surface area contributed by atoms with Gasteiger partial charge in [-0.05, 0) is 31.9 Å². The summed E-state index contributed by atoms with van der Waals surface area (Å²) < 4.78 is 15.7. The highest BCUT2D eigenvalue weighted by Crippen LogP contribution is 2.37. The van der Waals surface area contributed by atoms with Crippen LogP contribution in [0.2, 0.25) is 0 Å². The number of hydrogen-bond donors (Lipinski definition) is 0. The van der Waals surface area contributed by atoms with E-state index in [9.17, 15) is 19.2 Å². The van der Waals surface area contributed by atoms with Crippen molar-refractivity contribution in [2.75, 3.05) is 51.5 Å². The minimum Gasteiger partial charge on any atom is -0.466 e. The van der Waals surface area contributed by atoms with Crippen LogP contribution >= 0.6 is 0 Å². The van der Waals surface area contributed by atoms with Gasteiger partial charge in [0.1, 0.15) is 0 Å². The second-order valence-corrected chi connectivity index (χ2v) is 8.54. The fourth-order valence-corrected chi connectivity index (χ4v) is 4.49. The number of likely N-dealkylation sites (N-methyl/N-ethyl adjacent to an activating group) is 1. The maximum absolute atomic E-state index is 13.0. The molecule has 2 saturated heterocycles. The molecule has 0 saturated carbocycles. The second-order valence-electron chi connectivity index (χ2n) is 8.54. The van der Waals surface area contributed by atoms with Crippen LogP contribution < -0.4 is 14.4 Å². The average molecular weight is 459 g/mol. The Labute approximate surface area is 192 Å². The lowest BCUT2D eigenvalue weighted by Crippen LogP contribution is -2.46. The Morgan fingerprint density at radius 2 is 1.85 bits per heavy atom. The summed E-state index contributed by atoms with van der Waals surface area (Å²) in [5.74, 6) is -0.253. The number of benzene rings is 1. The molecule has 3 aliphatic heterocycles. The highest BCUT2D eigenvalue weighted by molar-refractivity contribution is 6.01. The van der Waals surface area contributed by atoms with E-state index in [1.165, 1.54) is 4.90 Å². The fourth-order valence-electron chi connectivity index (χ4n) is 4.49. The molecule has 178 valence electrons. The molecule has 0 N–H and O–H groups in total. The molecule has 10 heteroatoms. The summed E-state index contributed by atoms with van der Waals surface area (Å²) in [6.45, 7) is 3.39. The maximum atomic E-state index is 13.0. The number of carbonyl (C=O) groups is 4. The van der Waals surface area contributed by atoms with Crippen molar-refractivity contribution in [3.63, 3.8) is 0 Å². The van der Waals surface area contributed by atoms with Crippen molar-refractivity contribution >= 4 is 29.4 Å². The summed E-state index contributed by atoms with van der Waals surface area (Å²) >= 11 is 0. The van der Waals surface area contributed by atoms with Crippen molar-refractivity contribution in [1.82, 2.24) is 9.80 Å². The maximum Gasteiger partial charge on any atom is 0.309 e. The van der Waals surface area contributed by atoms with Crippen molar-refractivity contribution in [2.24, 2.45) is 11.8 Å². The number of esters is 1. The summed E-state index contributed by atoms with van der Waals surface area (Å²) in [5.41, 5.74) is 0.655.